The number of non-ortho nitro benzene ring substituents is 1. The Morgan fingerprint density at radius 1 is 0.913 bits per heavy atom. The van der Waals surface area contributed by atoms with E-state index in [4.69, 9.17) is 18.9 Å². The first-order valence-corrected chi connectivity index (χ1v) is 15.8. The van der Waals surface area contributed by atoms with Crippen molar-refractivity contribution in [2.45, 2.75) is 50.6 Å². The summed E-state index contributed by atoms with van der Waals surface area (Å²) in [6.07, 6.45) is 0.163. The van der Waals surface area contributed by atoms with E-state index in [2.05, 4.69) is 48.6 Å². The first kappa shape index (κ1) is 33.3. The molecule has 0 amide bonds. The number of aliphatic hydroxyl groups excluding tert-OH is 2. The zero-order valence-corrected chi connectivity index (χ0v) is 26.0. The quantitative estimate of drug-likeness (QED) is 0.0872. The lowest BCUT2D eigenvalue weighted by Gasteiger charge is -2.39. The molecule has 4 aromatic carbocycles. The maximum absolute atomic E-state index is 10.8. The highest BCUT2D eigenvalue weighted by Gasteiger charge is 2.36. The van der Waals surface area contributed by atoms with Gasteiger partial charge in [-0.25, -0.2) is 0 Å². The lowest BCUT2D eigenvalue weighted by atomic mass is 9.85. The Balaban J connectivity index is 1.21. The van der Waals surface area contributed by atoms with Gasteiger partial charge in [0.1, 0.15) is 17.6 Å². The molecule has 4 aromatic rings. The lowest BCUT2D eigenvalue weighted by molar-refractivity contribution is -0.384. The normalized spacial score (nSPS) is 18.7. The number of hydrogen-bond acceptors (Lipinski definition) is 9. The van der Waals surface area contributed by atoms with Gasteiger partial charge in [-0.15, -0.1) is 0 Å². The lowest BCUT2D eigenvalue weighted by Crippen LogP contribution is -2.51. The molecule has 1 unspecified atom stereocenters. The second-order valence-electron chi connectivity index (χ2n) is 11.4. The van der Waals surface area contributed by atoms with Gasteiger partial charge in [0, 0.05) is 37.6 Å². The third-order valence-electron chi connectivity index (χ3n) is 8.20. The van der Waals surface area contributed by atoms with Crippen LogP contribution in [0.2, 0.25) is 0 Å². The molecule has 0 bridgehead atoms. The van der Waals surface area contributed by atoms with Crippen molar-refractivity contribution >= 4 is 16.5 Å². The summed E-state index contributed by atoms with van der Waals surface area (Å²) in [6.45, 7) is 4.38. The van der Waals surface area contributed by atoms with Gasteiger partial charge in [-0.05, 0) is 64.2 Å². The van der Waals surface area contributed by atoms with Gasteiger partial charge in [0.2, 0.25) is 0 Å². The second-order valence-corrected chi connectivity index (χ2v) is 11.4. The van der Waals surface area contributed by atoms with Crippen molar-refractivity contribution in [1.82, 2.24) is 5.32 Å². The van der Waals surface area contributed by atoms with Gasteiger partial charge >= 0.3 is 0 Å². The van der Waals surface area contributed by atoms with E-state index in [9.17, 15) is 20.3 Å². The van der Waals surface area contributed by atoms with Crippen LogP contribution in [-0.2, 0) is 22.5 Å². The van der Waals surface area contributed by atoms with Crippen LogP contribution in [0.5, 0.6) is 11.5 Å². The molecule has 0 spiro atoms. The first-order valence-electron chi connectivity index (χ1n) is 15.8. The zero-order valence-electron chi connectivity index (χ0n) is 26.0. The molecular weight excluding hydrogens is 588 g/mol. The van der Waals surface area contributed by atoms with E-state index in [0.29, 0.717) is 45.1 Å². The SMILES string of the molecule is CCc1cc(CO[C@H]2CNC[C@@H](OCC(O)CO)[C@@H]2c2ccc(OCCCOc3ccc([N+](=O)[O-])cc3)cc2)cc2ccccc12. The molecular formula is C36H42N2O8. The number of fused-ring (bicyclic) bond motifs is 1. The van der Waals surface area contributed by atoms with Gasteiger partial charge in [-0.1, -0.05) is 49.4 Å². The molecule has 244 valence electrons. The van der Waals surface area contributed by atoms with E-state index in [1.807, 2.05) is 24.3 Å². The van der Waals surface area contributed by atoms with Gasteiger partial charge < -0.3 is 34.5 Å². The Hall–Kier alpha value is -4.06. The predicted molar refractivity (Wildman–Crippen MR) is 175 cm³/mol. The molecule has 10 nitrogen and oxygen atoms in total. The summed E-state index contributed by atoms with van der Waals surface area (Å²) in [4.78, 5) is 10.4. The Bertz CT molecular complexity index is 1550. The number of nitro groups is 1. The molecule has 46 heavy (non-hydrogen) atoms. The number of nitrogens with one attached hydrogen (secondary N) is 1. The number of nitro benzene ring substituents is 1. The molecule has 0 aromatic heterocycles. The molecule has 0 aliphatic carbocycles. The van der Waals surface area contributed by atoms with Crippen molar-refractivity contribution in [2.75, 3.05) is 39.5 Å². The van der Waals surface area contributed by atoms with E-state index >= 15 is 0 Å². The smallest absolute Gasteiger partial charge is 0.269 e. The fourth-order valence-electron chi connectivity index (χ4n) is 5.83. The standard InChI is InChI=1S/C36H42N2O8/c1-2-26-18-25(19-28-6-3-4-7-33(26)28)23-45-34-20-37-21-35(46-24-30(40)22-39)36(34)27-8-12-31(13-9-27)43-16-5-17-44-32-14-10-29(11-15-32)38(41)42/h3-4,6-15,18-19,30,34-37,39-40H,2,5,16-17,20-24H2,1H3/t30?,34-,35+,36+/m0/s1. The van der Waals surface area contributed by atoms with E-state index in [0.717, 1.165) is 23.3 Å². The molecule has 4 atom stereocenters. The fourth-order valence-corrected chi connectivity index (χ4v) is 5.83. The highest BCUT2D eigenvalue weighted by atomic mass is 16.6. The number of rotatable bonds is 16. The molecule has 1 aliphatic heterocycles. The summed E-state index contributed by atoms with van der Waals surface area (Å²) < 4.78 is 24.3. The summed E-state index contributed by atoms with van der Waals surface area (Å²) in [7, 11) is 0. The van der Waals surface area contributed by atoms with Crippen molar-refractivity contribution in [3.05, 3.63) is 112 Å². The third kappa shape index (κ3) is 8.80. The maximum atomic E-state index is 10.8. The van der Waals surface area contributed by atoms with Crippen LogP contribution in [-0.4, -0.2) is 73.0 Å². The number of aliphatic hydroxyl groups is 2. The average molecular weight is 631 g/mol. The van der Waals surface area contributed by atoms with Crippen LogP contribution in [0.15, 0.2) is 84.9 Å². The summed E-state index contributed by atoms with van der Waals surface area (Å²) in [6, 6.07) is 26.8. The Morgan fingerprint density at radius 3 is 2.22 bits per heavy atom. The fraction of sp³-hybridized carbons (Fsp3) is 0.389. The second kappa shape index (κ2) is 16.5. The summed E-state index contributed by atoms with van der Waals surface area (Å²) in [5.41, 5.74) is 3.48. The molecule has 0 saturated carbocycles. The number of nitrogens with zero attached hydrogens (tertiary/aromatic N) is 1. The van der Waals surface area contributed by atoms with Crippen molar-refractivity contribution in [3.8, 4) is 11.5 Å². The van der Waals surface area contributed by atoms with Crippen molar-refractivity contribution in [1.29, 1.82) is 0 Å². The van der Waals surface area contributed by atoms with Gasteiger partial charge in [0.25, 0.3) is 5.69 Å². The number of hydrogen-bond donors (Lipinski definition) is 3. The molecule has 1 fully saturated rings. The maximum Gasteiger partial charge on any atom is 0.269 e. The zero-order chi connectivity index (χ0) is 32.3. The minimum Gasteiger partial charge on any atom is -0.493 e. The summed E-state index contributed by atoms with van der Waals surface area (Å²) in [5.74, 6) is 1.19. The molecule has 3 N–H and O–H groups in total. The minimum absolute atomic E-state index is 0.0256. The van der Waals surface area contributed by atoms with Crippen LogP contribution in [0.1, 0.15) is 36.0 Å². The summed E-state index contributed by atoms with van der Waals surface area (Å²) >= 11 is 0. The molecule has 1 heterocycles. The number of benzene rings is 4. The van der Waals surface area contributed by atoms with Crippen LogP contribution in [0.4, 0.5) is 5.69 Å². The van der Waals surface area contributed by atoms with E-state index in [-0.39, 0.29) is 37.0 Å². The highest BCUT2D eigenvalue weighted by molar-refractivity contribution is 5.86. The predicted octanol–water partition coefficient (Wildman–Crippen LogP) is 5.17. The van der Waals surface area contributed by atoms with Gasteiger partial charge in [-0.2, -0.15) is 0 Å². The minimum atomic E-state index is -0.952. The van der Waals surface area contributed by atoms with Crippen LogP contribution < -0.4 is 14.8 Å². The molecule has 10 heteroatoms. The van der Waals surface area contributed by atoms with Gasteiger partial charge in [-0.3, -0.25) is 10.1 Å². The molecule has 0 radical (unpaired) electrons. The van der Waals surface area contributed by atoms with Crippen LogP contribution in [0, 0.1) is 10.1 Å². The number of ether oxygens (including phenoxy) is 4. The number of piperidine rings is 1. The van der Waals surface area contributed by atoms with Crippen molar-refractivity contribution in [2.24, 2.45) is 0 Å². The van der Waals surface area contributed by atoms with Gasteiger partial charge in [0.05, 0.1) is 50.2 Å². The topological polar surface area (TPSA) is 133 Å². The number of aryl methyl sites for hydroxylation is 1. The third-order valence-corrected chi connectivity index (χ3v) is 8.20. The average Bonchev–Trinajstić information content (AvgIpc) is 3.09. The van der Waals surface area contributed by atoms with Crippen LogP contribution >= 0.6 is 0 Å². The summed E-state index contributed by atoms with van der Waals surface area (Å²) in [5, 5.41) is 36.0. The highest BCUT2D eigenvalue weighted by Crippen LogP contribution is 2.32. The van der Waals surface area contributed by atoms with E-state index < -0.39 is 11.0 Å². The van der Waals surface area contributed by atoms with E-state index in [1.54, 1.807) is 12.1 Å². The Kier molecular flexibility index (Phi) is 11.9. The molecule has 5 rings (SSSR count). The first-order chi connectivity index (χ1) is 22.4. The van der Waals surface area contributed by atoms with Crippen molar-refractivity contribution < 1.29 is 34.1 Å². The van der Waals surface area contributed by atoms with E-state index in [1.165, 1.54) is 28.5 Å². The largest absolute Gasteiger partial charge is 0.493 e. The van der Waals surface area contributed by atoms with Gasteiger partial charge in [0.15, 0.2) is 0 Å². The van der Waals surface area contributed by atoms with Crippen LogP contribution in [0.25, 0.3) is 10.8 Å². The monoisotopic (exact) mass is 630 g/mol. The Labute approximate surface area is 269 Å². The van der Waals surface area contributed by atoms with Crippen molar-refractivity contribution in [3.63, 3.8) is 0 Å². The van der Waals surface area contributed by atoms with Crippen LogP contribution in [0.3, 0.4) is 0 Å². The molecule has 1 saturated heterocycles. The molecule has 1 aliphatic rings. The Morgan fingerprint density at radius 2 is 1.57 bits per heavy atom.